The van der Waals surface area contributed by atoms with Crippen LogP contribution in [0.15, 0.2) is 30.3 Å². The van der Waals surface area contributed by atoms with Gasteiger partial charge in [0.05, 0.1) is 11.5 Å². The summed E-state index contributed by atoms with van der Waals surface area (Å²) in [4.78, 5) is 11.3. The monoisotopic (exact) mass is 270 g/mol. The average Bonchev–Trinajstić information content (AvgIpc) is 2.78. The summed E-state index contributed by atoms with van der Waals surface area (Å²) in [5, 5.41) is 19.2. The number of benzene rings is 1. The predicted octanol–water partition coefficient (Wildman–Crippen LogP) is 3.67. The summed E-state index contributed by atoms with van der Waals surface area (Å²) in [7, 11) is 0. The maximum Gasteiger partial charge on any atom is 0.352 e. The van der Waals surface area contributed by atoms with E-state index in [1.54, 1.807) is 6.07 Å². The van der Waals surface area contributed by atoms with Crippen LogP contribution in [0.4, 0.5) is 0 Å². The van der Waals surface area contributed by atoms with Gasteiger partial charge in [0.15, 0.2) is 0 Å². The van der Waals surface area contributed by atoms with Gasteiger partial charge in [-0.25, -0.2) is 4.79 Å². The first-order valence-electron chi connectivity index (χ1n) is 6.67. The molecule has 0 amide bonds. The number of aromatic carboxylic acids is 1. The second kappa shape index (κ2) is 5.38. The zero-order valence-corrected chi connectivity index (χ0v) is 11.8. The number of hydrogen-bond acceptors (Lipinski definition) is 2. The van der Waals surface area contributed by atoms with Gasteiger partial charge in [0.1, 0.15) is 5.69 Å². The summed E-state index contributed by atoms with van der Waals surface area (Å²) >= 11 is 0. The number of para-hydroxylation sites is 1. The van der Waals surface area contributed by atoms with Gasteiger partial charge in [-0.2, -0.15) is 5.26 Å². The summed E-state index contributed by atoms with van der Waals surface area (Å²) in [6, 6.07) is 11.6. The van der Waals surface area contributed by atoms with E-state index < -0.39 is 5.97 Å². The predicted molar refractivity (Wildman–Crippen MR) is 77.5 cm³/mol. The van der Waals surface area contributed by atoms with Crippen LogP contribution in [-0.2, 0) is 6.54 Å². The molecule has 104 valence electrons. The lowest BCUT2D eigenvalue weighted by Gasteiger charge is -2.15. The van der Waals surface area contributed by atoms with Gasteiger partial charge in [0.2, 0.25) is 0 Å². The van der Waals surface area contributed by atoms with Gasteiger partial charge >= 0.3 is 5.97 Å². The molecule has 0 saturated heterocycles. The molecule has 20 heavy (non-hydrogen) atoms. The summed E-state index contributed by atoms with van der Waals surface area (Å²) in [5.74, 6) is -0.916. The average molecular weight is 270 g/mol. The Hall–Kier alpha value is -2.28. The number of nitrogens with zero attached hydrogens (tertiary/aromatic N) is 2. The molecule has 2 aromatic rings. The smallest absolute Gasteiger partial charge is 0.352 e. The van der Waals surface area contributed by atoms with Crippen molar-refractivity contribution in [1.29, 1.82) is 5.26 Å². The fourth-order valence-corrected chi connectivity index (χ4v) is 2.36. The normalized spacial score (nSPS) is 11.4. The largest absolute Gasteiger partial charge is 0.477 e. The Morgan fingerprint density at radius 3 is 2.75 bits per heavy atom. The van der Waals surface area contributed by atoms with E-state index in [1.807, 2.05) is 42.7 Å². The first-order valence-corrected chi connectivity index (χ1v) is 6.67. The molecule has 0 unspecified atom stereocenters. The number of carbonyl (C=O) groups is 1. The molecule has 0 fully saturated rings. The number of aromatic nitrogens is 1. The van der Waals surface area contributed by atoms with Gasteiger partial charge in [0.25, 0.3) is 0 Å². The molecule has 4 nitrogen and oxygen atoms in total. The number of rotatable bonds is 5. The third-order valence-corrected chi connectivity index (χ3v) is 3.52. The van der Waals surface area contributed by atoms with Crippen LogP contribution in [0.3, 0.4) is 0 Å². The molecular weight excluding hydrogens is 252 g/mol. The summed E-state index contributed by atoms with van der Waals surface area (Å²) in [5.41, 5.74) is 0.868. The second-order valence-electron chi connectivity index (χ2n) is 5.64. The van der Waals surface area contributed by atoms with Crippen molar-refractivity contribution in [3.05, 3.63) is 36.0 Å². The van der Waals surface area contributed by atoms with Gasteiger partial charge in [-0.15, -0.1) is 0 Å². The van der Waals surface area contributed by atoms with E-state index >= 15 is 0 Å². The van der Waals surface area contributed by atoms with Crippen LogP contribution in [0.2, 0.25) is 0 Å². The Labute approximate surface area is 118 Å². The fraction of sp³-hybridized carbons (Fsp3) is 0.375. The van der Waals surface area contributed by atoms with Crippen LogP contribution in [-0.4, -0.2) is 15.6 Å². The molecule has 0 radical (unpaired) electrons. The zero-order chi connectivity index (χ0) is 14.8. The molecule has 0 bridgehead atoms. The molecule has 0 saturated carbocycles. The van der Waals surface area contributed by atoms with E-state index in [0.29, 0.717) is 12.2 Å². The Morgan fingerprint density at radius 2 is 2.10 bits per heavy atom. The van der Waals surface area contributed by atoms with Gasteiger partial charge < -0.3 is 9.67 Å². The van der Waals surface area contributed by atoms with Crippen LogP contribution in [0.1, 0.15) is 37.2 Å². The Bertz CT molecular complexity index is 677. The van der Waals surface area contributed by atoms with Crippen molar-refractivity contribution in [3.8, 4) is 6.07 Å². The molecule has 0 aliphatic rings. The molecule has 1 aromatic carbocycles. The van der Waals surface area contributed by atoms with Gasteiger partial charge in [-0.05, 0) is 38.8 Å². The lowest BCUT2D eigenvalue weighted by molar-refractivity contribution is 0.0685. The van der Waals surface area contributed by atoms with Crippen molar-refractivity contribution in [2.75, 3.05) is 0 Å². The zero-order valence-electron chi connectivity index (χ0n) is 11.8. The molecule has 1 heterocycles. The van der Waals surface area contributed by atoms with E-state index in [4.69, 9.17) is 5.26 Å². The first-order chi connectivity index (χ1) is 9.44. The third kappa shape index (κ3) is 2.83. The number of carboxylic acid groups (broad SMARTS) is 1. The first kappa shape index (κ1) is 14.1. The summed E-state index contributed by atoms with van der Waals surface area (Å²) in [6.45, 7) is 4.41. The summed E-state index contributed by atoms with van der Waals surface area (Å²) < 4.78 is 1.82. The van der Waals surface area contributed by atoms with Crippen molar-refractivity contribution in [3.63, 3.8) is 0 Å². The maximum atomic E-state index is 11.3. The maximum absolute atomic E-state index is 11.3. The molecule has 0 atom stereocenters. The highest BCUT2D eigenvalue weighted by Crippen LogP contribution is 2.24. The highest BCUT2D eigenvalue weighted by atomic mass is 16.4. The van der Waals surface area contributed by atoms with Gasteiger partial charge in [0, 0.05) is 17.4 Å². The van der Waals surface area contributed by atoms with E-state index in [-0.39, 0.29) is 5.41 Å². The van der Waals surface area contributed by atoms with Crippen molar-refractivity contribution in [1.82, 2.24) is 4.57 Å². The topological polar surface area (TPSA) is 66.0 Å². The van der Waals surface area contributed by atoms with Gasteiger partial charge in [-0.3, -0.25) is 0 Å². The molecule has 4 heteroatoms. The second-order valence-corrected chi connectivity index (χ2v) is 5.64. The van der Waals surface area contributed by atoms with Crippen LogP contribution >= 0.6 is 0 Å². The minimum absolute atomic E-state index is 0.306. The van der Waals surface area contributed by atoms with Crippen LogP contribution in [0.5, 0.6) is 0 Å². The highest BCUT2D eigenvalue weighted by Gasteiger charge is 2.18. The van der Waals surface area contributed by atoms with E-state index in [0.717, 1.165) is 23.7 Å². The standard InChI is InChI=1S/C16H18N2O2/c1-16(2,11-17)8-5-9-18-13-7-4-3-6-12(13)10-14(18)15(19)20/h3-4,6-7,10H,5,8-9H2,1-2H3,(H,19,20). The van der Waals surface area contributed by atoms with Crippen molar-refractivity contribution in [2.24, 2.45) is 5.41 Å². The number of carboxylic acids is 1. The van der Waals surface area contributed by atoms with Crippen LogP contribution in [0, 0.1) is 16.7 Å². The van der Waals surface area contributed by atoms with E-state index in [2.05, 4.69) is 6.07 Å². The van der Waals surface area contributed by atoms with Crippen LogP contribution in [0.25, 0.3) is 10.9 Å². The van der Waals surface area contributed by atoms with E-state index in [1.165, 1.54) is 0 Å². The quantitative estimate of drug-likeness (QED) is 0.901. The van der Waals surface area contributed by atoms with Crippen molar-refractivity contribution < 1.29 is 9.90 Å². The molecule has 2 rings (SSSR count). The molecule has 1 N–H and O–H groups in total. The number of aryl methyl sites for hydroxylation is 1. The molecule has 0 aliphatic carbocycles. The van der Waals surface area contributed by atoms with Gasteiger partial charge in [-0.1, -0.05) is 18.2 Å². The Morgan fingerprint density at radius 1 is 1.40 bits per heavy atom. The number of fused-ring (bicyclic) bond motifs is 1. The molecule has 1 aromatic heterocycles. The fourth-order valence-electron chi connectivity index (χ4n) is 2.36. The van der Waals surface area contributed by atoms with E-state index in [9.17, 15) is 9.90 Å². The van der Waals surface area contributed by atoms with Crippen molar-refractivity contribution in [2.45, 2.75) is 33.2 Å². The lowest BCUT2D eigenvalue weighted by Crippen LogP contribution is -2.12. The number of hydrogen-bond donors (Lipinski definition) is 1. The van der Waals surface area contributed by atoms with Crippen LogP contribution < -0.4 is 0 Å². The highest BCUT2D eigenvalue weighted by molar-refractivity contribution is 5.94. The summed E-state index contributed by atoms with van der Waals surface area (Å²) in [6.07, 6.45) is 1.52. The number of nitriles is 1. The van der Waals surface area contributed by atoms with Crippen molar-refractivity contribution >= 4 is 16.9 Å². The lowest BCUT2D eigenvalue weighted by atomic mass is 9.90. The third-order valence-electron chi connectivity index (χ3n) is 3.52. The molecular formula is C16H18N2O2. The minimum atomic E-state index is -0.916. The molecule has 0 spiro atoms. The minimum Gasteiger partial charge on any atom is -0.477 e. The Balaban J connectivity index is 2.26. The molecule has 0 aliphatic heterocycles. The Kier molecular flexibility index (Phi) is 3.80. The SMILES string of the molecule is CC(C)(C#N)CCCn1c(C(=O)O)cc2ccccc21.